The van der Waals surface area contributed by atoms with Gasteiger partial charge in [0, 0.05) is 23.7 Å². The standard InChI is InChI=1S/C23H22Cl2N2O2/c1-14-5-8-17(9-6-14)27-22(28)20(18-10-7-16(24)12-19(18)25)21(23(27)29)26-11-3-4-15(2)13-26/h5-10,12,15H,3-4,11,13H2,1-2H3. The van der Waals surface area contributed by atoms with Gasteiger partial charge in [-0.05, 0) is 49.9 Å². The minimum Gasteiger partial charge on any atom is -0.366 e. The van der Waals surface area contributed by atoms with E-state index in [4.69, 9.17) is 23.2 Å². The van der Waals surface area contributed by atoms with Crippen molar-refractivity contribution in [1.29, 1.82) is 0 Å². The first kappa shape index (κ1) is 20.0. The van der Waals surface area contributed by atoms with Gasteiger partial charge < -0.3 is 4.90 Å². The third-order valence-corrected chi connectivity index (χ3v) is 6.07. The highest BCUT2D eigenvalue weighted by atomic mass is 35.5. The number of carbonyl (C=O) groups excluding carboxylic acids is 2. The SMILES string of the molecule is Cc1ccc(N2C(=O)C(c3ccc(Cl)cc3Cl)=C(N3CCCC(C)C3)C2=O)cc1. The largest absolute Gasteiger partial charge is 0.366 e. The van der Waals surface area contributed by atoms with Crippen LogP contribution in [0.3, 0.4) is 0 Å². The lowest BCUT2D eigenvalue weighted by Crippen LogP contribution is -2.39. The van der Waals surface area contributed by atoms with E-state index in [0.29, 0.717) is 38.5 Å². The number of hydrogen-bond acceptors (Lipinski definition) is 3. The molecule has 29 heavy (non-hydrogen) atoms. The number of hydrogen-bond donors (Lipinski definition) is 0. The fraction of sp³-hybridized carbons (Fsp3) is 0.304. The molecule has 1 fully saturated rings. The number of likely N-dealkylation sites (tertiary alicyclic amines) is 1. The van der Waals surface area contributed by atoms with Crippen LogP contribution < -0.4 is 4.90 Å². The number of aryl methyl sites for hydroxylation is 1. The Morgan fingerprint density at radius 3 is 2.38 bits per heavy atom. The third-order valence-electron chi connectivity index (χ3n) is 5.53. The molecule has 0 aliphatic carbocycles. The highest BCUT2D eigenvalue weighted by Gasteiger charge is 2.43. The summed E-state index contributed by atoms with van der Waals surface area (Å²) in [6.45, 7) is 5.62. The summed E-state index contributed by atoms with van der Waals surface area (Å²) in [5.74, 6) is -0.195. The number of amides is 2. The second-order valence-corrected chi connectivity index (χ2v) is 8.67. The molecular weight excluding hydrogens is 407 g/mol. The summed E-state index contributed by atoms with van der Waals surface area (Å²) < 4.78 is 0. The molecule has 4 rings (SSSR count). The minimum absolute atomic E-state index is 0.297. The van der Waals surface area contributed by atoms with Gasteiger partial charge in [-0.25, -0.2) is 4.90 Å². The molecular formula is C23H22Cl2N2O2. The van der Waals surface area contributed by atoms with Crippen molar-refractivity contribution < 1.29 is 9.59 Å². The molecule has 1 atom stereocenters. The first-order valence-corrected chi connectivity index (χ1v) is 10.5. The van der Waals surface area contributed by atoms with Crippen LogP contribution in [-0.4, -0.2) is 29.8 Å². The van der Waals surface area contributed by atoms with Crippen molar-refractivity contribution in [3.8, 4) is 0 Å². The molecule has 2 aromatic carbocycles. The molecule has 2 heterocycles. The molecule has 2 aromatic rings. The summed E-state index contributed by atoms with van der Waals surface area (Å²) in [6, 6.07) is 12.4. The maximum atomic E-state index is 13.5. The Kier molecular flexibility index (Phi) is 5.41. The zero-order valence-electron chi connectivity index (χ0n) is 16.4. The van der Waals surface area contributed by atoms with Crippen molar-refractivity contribution in [1.82, 2.24) is 4.90 Å². The molecule has 0 spiro atoms. The minimum atomic E-state index is -0.351. The van der Waals surface area contributed by atoms with Crippen LogP contribution in [0.1, 0.15) is 30.9 Å². The van der Waals surface area contributed by atoms with Crippen molar-refractivity contribution >= 4 is 46.3 Å². The Morgan fingerprint density at radius 2 is 1.72 bits per heavy atom. The van der Waals surface area contributed by atoms with E-state index in [0.717, 1.165) is 31.5 Å². The Labute approximate surface area is 180 Å². The molecule has 2 amide bonds. The fourth-order valence-electron chi connectivity index (χ4n) is 4.07. The Balaban J connectivity index is 1.85. The molecule has 150 valence electrons. The lowest BCUT2D eigenvalue weighted by molar-refractivity contribution is -0.120. The maximum absolute atomic E-state index is 13.5. The third kappa shape index (κ3) is 3.67. The predicted molar refractivity (Wildman–Crippen MR) is 117 cm³/mol. The number of imide groups is 1. The van der Waals surface area contributed by atoms with E-state index in [9.17, 15) is 9.59 Å². The van der Waals surface area contributed by atoms with Gasteiger partial charge in [0.05, 0.1) is 16.3 Å². The number of piperidine rings is 1. The van der Waals surface area contributed by atoms with Gasteiger partial charge in [0.1, 0.15) is 5.70 Å². The van der Waals surface area contributed by atoms with Crippen LogP contribution in [0, 0.1) is 12.8 Å². The van der Waals surface area contributed by atoms with Crippen molar-refractivity contribution in [2.45, 2.75) is 26.7 Å². The Bertz CT molecular complexity index is 1010. The van der Waals surface area contributed by atoms with Crippen molar-refractivity contribution in [3.05, 3.63) is 69.3 Å². The van der Waals surface area contributed by atoms with Gasteiger partial charge in [-0.3, -0.25) is 9.59 Å². The molecule has 0 saturated carbocycles. The number of rotatable bonds is 3. The Morgan fingerprint density at radius 1 is 1.00 bits per heavy atom. The number of carbonyl (C=O) groups is 2. The smallest absolute Gasteiger partial charge is 0.282 e. The van der Waals surface area contributed by atoms with Crippen LogP contribution in [0.4, 0.5) is 5.69 Å². The van der Waals surface area contributed by atoms with Crippen molar-refractivity contribution in [2.75, 3.05) is 18.0 Å². The molecule has 4 nitrogen and oxygen atoms in total. The lowest BCUT2D eigenvalue weighted by atomic mass is 9.97. The van der Waals surface area contributed by atoms with Crippen molar-refractivity contribution in [2.24, 2.45) is 5.92 Å². The van der Waals surface area contributed by atoms with Gasteiger partial charge in [0.2, 0.25) is 0 Å². The van der Waals surface area contributed by atoms with Gasteiger partial charge in [-0.2, -0.15) is 0 Å². The normalized spacial score (nSPS) is 20.1. The highest BCUT2D eigenvalue weighted by Crippen LogP contribution is 2.39. The van der Waals surface area contributed by atoms with Crippen LogP contribution in [-0.2, 0) is 9.59 Å². The van der Waals surface area contributed by atoms with E-state index in [1.165, 1.54) is 4.90 Å². The molecule has 1 unspecified atom stereocenters. The summed E-state index contributed by atoms with van der Waals surface area (Å²) in [5, 5.41) is 0.849. The fourth-order valence-corrected chi connectivity index (χ4v) is 4.57. The average Bonchev–Trinajstić information content (AvgIpc) is 2.93. The summed E-state index contributed by atoms with van der Waals surface area (Å²) in [7, 11) is 0. The lowest BCUT2D eigenvalue weighted by Gasteiger charge is -2.33. The monoisotopic (exact) mass is 428 g/mol. The topological polar surface area (TPSA) is 40.6 Å². The number of anilines is 1. The molecule has 6 heteroatoms. The second-order valence-electron chi connectivity index (χ2n) is 7.82. The molecule has 0 N–H and O–H groups in total. The summed E-state index contributed by atoms with van der Waals surface area (Å²) in [4.78, 5) is 30.3. The first-order chi connectivity index (χ1) is 13.9. The van der Waals surface area contributed by atoms with E-state index in [1.807, 2.05) is 24.0 Å². The molecule has 2 aliphatic rings. The van der Waals surface area contributed by atoms with Gasteiger partial charge >= 0.3 is 0 Å². The van der Waals surface area contributed by atoms with Gasteiger partial charge in [-0.1, -0.05) is 53.9 Å². The second kappa shape index (κ2) is 7.85. The van der Waals surface area contributed by atoms with Crippen LogP contribution in [0.5, 0.6) is 0 Å². The van der Waals surface area contributed by atoms with Crippen LogP contribution in [0.25, 0.3) is 5.57 Å². The van der Waals surface area contributed by atoms with Crippen LogP contribution >= 0.6 is 23.2 Å². The van der Waals surface area contributed by atoms with E-state index >= 15 is 0 Å². The highest BCUT2D eigenvalue weighted by molar-refractivity contribution is 6.47. The molecule has 0 radical (unpaired) electrons. The van der Waals surface area contributed by atoms with Gasteiger partial charge in [0.15, 0.2) is 0 Å². The van der Waals surface area contributed by atoms with Crippen molar-refractivity contribution in [3.63, 3.8) is 0 Å². The number of halogens is 2. The molecule has 1 saturated heterocycles. The van der Waals surface area contributed by atoms with Crippen LogP contribution in [0.15, 0.2) is 48.2 Å². The van der Waals surface area contributed by atoms with E-state index in [2.05, 4.69) is 6.92 Å². The van der Waals surface area contributed by atoms with Crippen LogP contribution in [0.2, 0.25) is 10.0 Å². The van der Waals surface area contributed by atoms with E-state index in [1.54, 1.807) is 30.3 Å². The molecule has 2 aliphatic heterocycles. The zero-order valence-corrected chi connectivity index (χ0v) is 17.9. The molecule has 0 bridgehead atoms. The summed E-state index contributed by atoms with van der Waals surface area (Å²) in [5.41, 5.74) is 2.95. The quantitative estimate of drug-likeness (QED) is 0.621. The maximum Gasteiger partial charge on any atom is 0.282 e. The van der Waals surface area contributed by atoms with E-state index in [-0.39, 0.29) is 11.8 Å². The summed E-state index contributed by atoms with van der Waals surface area (Å²) >= 11 is 12.5. The molecule has 0 aromatic heterocycles. The summed E-state index contributed by atoms with van der Waals surface area (Å²) in [6.07, 6.45) is 2.10. The zero-order chi connectivity index (χ0) is 20.7. The number of benzene rings is 2. The predicted octanol–water partition coefficient (Wildman–Crippen LogP) is 5.32. The number of nitrogens with zero attached hydrogens (tertiary/aromatic N) is 2. The first-order valence-electron chi connectivity index (χ1n) is 9.77. The Hall–Kier alpha value is -2.30. The van der Waals surface area contributed by atoms with Gasteiger partial charge in [0.25, 0.3) is 11.8 Å². The van der Waals surface area contributed by atoms with Gasteiger partial charge in [-0.15, -0.1) is 0 Å². The average molecular weight is 429 g/mol. The van der Waals surface area contributed by atoms with E-state index < -0.39 is 0 Å².